The first-order chi connectivity index (χ1) is 12.1. The van der Waals surface area contributed by atoms with E-state index in [0.29, 0.717) is 25.2 Å². The lowest BCUT2D eigenvalue weighted by Gasteiger charge is -2.23. The molecule has 1 aliphatic heterocycles. The van der Waals surface area contributed by atoms with Crippen LogP contribution >= 0.6 is 0 Å². The standard InChI is InChI=1S/C17H22N6O2/c1-18-16(24)14-9-21(2)6-7-22(10-14)17(25)13-4-3-5-15(8-13)23-11-19-20-12-23/h3-5,8,11-12,14H,6-7,9-10H2,1-2H3,(H,18,24)/t14-/m0/s1. The van der Waals surface area contributed by atoms with E-state index in [9.17, 15) is 9.59 Å². The van der Waals surface area contributed by atoms with Gasteiger partial charge in [-0.1, -0.05) is 6.07 Å². The van der Waals surface area contributed by atoms with Crippen molar-refractivity contribution in [1.82, 2.24) is 29.9 Å². The molecule has 2 heterocycles. The van der Waals surface area contributed by atoms with Crippen molar-refractivity contribution >= 4 is 11.8 Å². The van der Waals surface area contributed by atoms with Crippen LogP contribution in [0.25, 0.3) is 5.69 Å². The molecule has 132 valence electrons. The first-order valence-corrected chi connectivity index (χ1v) is 8.23. The molecule has 0 spiro atoms. The summed E-state index contributed by atoms with van der Waals surface area (Å²) < 4.78 is 1.75. The van der Waals surface area contributed by atoms with Crippen LogP contribution in [0, 0.1) is 5.92 Å². The summed E-state index contributed by atoms with van der Waals surface area (Å²) in [4.78, 5) is 28.9. The fraction of sp³-hybridized carbons (Fsp3) is 0.412. The maximum atomic E-state index is 13.0. The van der Waals surface area contributed by atoms with Crippen molar-refractivity contribution in [3.8, 4) is 5.69 Å². The number of hydrogen-bond acceptors (Lipinski definition) is 5. The summed E-state index contributed by atoms with van der Waals surface area (Å²) in [7, 11) is 3.60. The van der Waals surface area contributed by atoms with Crippen LogP contribution in [0.4, 0.5) is 0 Å². The third kappa shape index (κ3) is 3.85. The average molecular weight is 342 g/mol. The lowest BCUT2D eigenvalue weighted by atomic mass is 10.1. The van der Waals surface area contributed by atoms with E-state index in [4.69, 9.17) is 0 Å². The van der Waals surface area contributed by atoms with Gasteiger partial charge in [-0.25, -0.2) is 0 Å². The zero-order valence-corrected chi connectivity index (χ0v) is 14.4. The Morgan fingerprint density at radius 1 is 1.16 bits per heavy atom. The molecule has 25 heavy (non-hydrogen) atoms. The third-order valence-electron chi connectivity index (χ3n) is 4.44. The molecule has 0 unspecified atom stereocenters. The highest BCUT2D eigenvalue weighted by Gasteiger charge is 2.28. The number of likely N-dealkylation sites (N-methyl/N-ethyl adjacent to an activating group) is 1. The number of benzene rings is 1. The molecular weight excluding hydrogens is 320 g/mol. The van der Waals surface area contributed by atoms with Crippen molar-refractivity contribution in [2.24, 2.45) is 5.92 Å². The van der Waals surface area contributed by atoms with Gasteiger partial charge in [0.15, 0.2) is 0 Å². The number of amides is 2. The van der Waals surface area contributed by atoms with Crippen molar-refractivity contribution in [3.05, 3.63) is 42.5 Å². The molecule has 1 atom stereocenters. The van der Waals surface area contributed by atoms with Gasteiger partial charge in [0.2, 0.25) is 5.91 Å². The number of aromatic nitrogens is 3. The largest absolute Gasteiger partial charge is 0.359 e. The number of hydrogen-bond donors (Lipinski definition) is 1. The molecule has 8 nitrogen and oxygen atoms in total. The molecule has 2 amide bonds. The minimum Gasteiger partial charge on any atom is -0.359 e. The molecule has 1 aromatic carbocycles. The molecule has 0 bridgehead atoms. The molecule has 2 aromatic rings. The maximum absolute atomic E-state index is 13.0. The molecule has 0 radical (unpaired) electrons. The van der Waals surface area contributed by atoms with Gasteiger partial charge in [-0.2, -0.15) is 0 Å². The summed E-state index contributed by atoms with van der Waals surface area (Å²) in [6.07, 6.45) is 3.18. The van der Waals surface area contributed by atoms with Gasteiger partial charge in [0, 0.05) is 44.5 Å². The van der Waals surface area contributed by atoms with Gasteiger partial charge in [-0.15, -0.1) is 10.2 Å². The summed E-state index contributed by atoms with van der Waals surface area (Å²) in [5.41, 5.74) is 1.41. The third-order valence-corrected chi connectivity index (χ3v) is 4.44. The quantitative estimate of drug-likeness (QED) is 0.850. The van der Waals surface area contributed by atoms with E-state index < -0.39 is 0 Å². The fourth-order valence-corrected chi connectivity index (χ4v) is 3.04. The first-order valence-electron chi connectivity index (χ1n) is 8.23. The van der Waals surface area contributed by atoms with Crippen LogP contribution in [-0.4, -0.2) is 76.7 Å². The molecule has 1 saturated heterocycles. The van der Waals surface area contributed by atoms with E-state index in [-0.39, 0.29) is 17.7 Å². The maximum Gasteiger partial charge on any atom is 0.253 e. The molecule has 3 rings (SSSR count). The highest BCUT2D eigenvalue weighted by atomic mass is 16.2. The summed E-state index contributed by atoms with van der Waals surface area (Å²) in [6.45, 7) is 2.40. The number of nitrogens with zero attached hydrogens (tertiary/aromatic N) is 5. The second-order valence-corrected chi connectivity index (χ2v) is 6.24. The summed E-state index contributed by atoms with van der Waals surface area (Å²) in [5, 5.41) is 10.3. The van der Waals surface area contributed by atoms with Gasteiger partial charge in [-0.3, -0.25) is 14.2 Å². The second kappa shape index (κ2) is 7.43. The minimum absolute atomic E-state index is 0.0372. The number of rotatable bonds is 3. The Labute approximate surface area is 146 Å². The van der Waals surface area contributed by atoms with E-state index in [0.717, 1.165) is 12.2 Å². The van der Waals surface area contributed by atoms with Crippen LogP contribution in [0.1, 0.15) is 10.4 Å². The van der Waals surface area contributed by atoms with Crippen molar-refractivity contribution in [3.63, 3.8) is 0 Å². The van der Waals surface area contributed by atoms with Crippen LogP contribution in [0.15, 0.2) is 36.9 Å². The Bertz CT molecular complexity index is 745. The van der Waals surface area contributed by atoms with Crippen LogP contribution in [0.5, 0.6) is 0 Å². The van der Waals surface area contributed by atoms with Crippen molar-refractivity contribution in [1.29, 1.82) is 0 Å². The molecule has 1 aliphatic rings. The molecule has 8 heteroatoms. The van der Waals surface area contributed by atoms with Gasteiger partial charge in [0.25, 0.3) is 5.91 Å². The highest BCUT2D eigenvalue weighted by molar-refractivity contribution is 5.95. The summed E-state index contributed by atoms with van der Waals surface area (Å²) >= 11 is 0. The Morgan fingerprint density at radius 2 is 1.92 bits per heavy atom. The average Bonchev–Trinajstić information content (AvgIpc) is 3.10. The van der Waals surface area contributed by atoms with Crippen LogP contribution in [0.3, 0.4) is 0 Å². The van der Waals surface area contributed by atoms with E-state index >= 15 is 0 Å². The van der Waals surface area contributed by atoms with Crippen LogP contribution in [-0.2, 0) is 4.79 Å². The molecule has 0 saturated carbocycles. The SMILES string of the molecule is CNC(=O)[C@H]1CN(C)CCN(C(=O)c2cccc(-n3cnnc3)c2)C1. The summed E-state index contributed by atoms with van der Waals surface area (Å²) in [5.74, 6) is -0.341. The van der Waals surface area contributed by atoms with Crippen molar-refractivity contribution in [2.75, 3.05) is 40.3 Å². The molecule has 1 N–H and O–H groups in total. The predicted molar refractivity (Wildman–Crippen MR) is 92.3 cm³/mol. The molecule has 1 aromatic heterocycles. The van der Waals surface area contributed by atoms with Crippen LogP contribution < -0.4 is 5.32 Å². The zero-order chi connectivity index (χ0) is 17.8. The Kier molecular flexibility index (Phi) is 5.08. The number of nitrogens with one attached hydrogen (secondary N) is 1. The van der Waals surface area contributed by atoms with Crippen LogP contribution in [0.2, 0.25) is 0 Å². The molecule has 0 aliphatic carbocycles. The predicted octanol–water partition coefficient (Wildman–Crippen LogP) is 0.0171. The lowest BCUT2D eigenvalue weighted by Crippen LogP contribution is -2.41. The van der Waals surface area contributed by atoms with E-state index in [1.54, 1.807) is 35.2 Å². The van der Waals surface area contributed by atoms with E-state index in [2.05, 4.69) is 20.4 Å². The van der Waals surface area contributed by atoms with Crippen molar-refractivity contribution in [2.45, 2.75) is 0 Å². The summed E-state index contributed by atoms with van der Waals surface area (Å²) in [6, 6.07) is 7.33. The van der Waals surface area contributed by atoms with E-state index in [1.807, 2.05) is 25.2 Å². The second-order valence-electron chi connectivity index (χ2n) is 6.24. The number of carbonyl (C=O) groups excluding carboxylic acids is 2. The normalized spacial score (nSPS) is 18.6. The zero-order valence-electron chi connectivity index (χ0n) is 14.4. The Morgan fingerprint density at radius 3 is 2.64 bits per heavy atom. The van der Waals surface area contributed by atoms with Gasteiger partial charge >= 0.3 is 0 Å². The van der Waals surface area contributed by atoms with Gasteiger partial charge < -0.3 is 15.1 Å². The highest BCUT2D eigenvalue weighted by Crippen LogP contribution is 2.15. The van der Waals surface area contributed by atoms with Crippen molar-refractivity contribution < 1.29 is 9.59 Å². The Balaban J connectivity index is 1.82. The first kappa shape index (κ1) is 17.1. The molecular formula is C17H22N6O2. The Hall–Kier alpha value is -2.74. The lowest BCUT2D eigenvalue weighted by molar-refractivity contribution is -0.125. The van der Waals surface area contributed by atoms with E-state index in [1.165, 1.54) is 0 Å². The molecule has 1 fully saturated rings. The fourth-order valence-electron chi connectivity index (χ4n) is 3.04. The minimum atomic E-state index is -0.234. The van der Waals surface area contributed by atoms with Gasteiger partial charge in [-0.05, 0) is 25.2 Å². The topological polar surface area (TPSA) is 83.4 Å². The van der Waals surface area contributed by atoms with Gasteiger partial charge in [0.05, 0.1) is 5.92 Å². The number of carbonyl (C=O) groups is 2. The smallest absolute Gasteiger partial charge is 0.253 e. The monoisotopic (exact) mass is 342 g/mol. The van der Waals surface area contributed by atoms with Gasteiger partial charge in [0.1, 0.15) is 12.7 Å².